The molecule has 4 rings (SSSR count). The molecule has 0 fully saturated rings. The topological polar surface area (TPSA) is 93.3 Å². The van der Waals surface area contributed by atoms with Crippen molar-refractivity contribution >= 4 is 40.1 Å². The van der Waals surface area contributed by atoms with Crippen molar-refractivity contribution in [2.24, 2.45) is 5.92 Å². The van der Waals surface area contributed by atoms with E-state index in [4.69, 9.17) is 16.0 Å². The van der Waals surface area contributed by atoms with Gasteiger partial charge >= 0.3 is 0 Å². The van der Waals surface area contributed by atoms with Crippen LogP contribution in [-0.2, 0) is 16.1 Å². The van der Waals surface area contributed by atoms with E-state index < -0.39 is 6.04 Å². The zero-order valence-electron chi connectivity index (χ0n) is 19.0. The van der Waals surface area contributed by atoms with Crippen LogP contribution in [0.4, 0.5) is 5.69 Å². The van der Waals surface area contributed by atoms with Gasteiger partial charge in [-0.1, -0.05) is 42.8 Å². The number of hydrogen-bond acceptors (Lipinski definition) is 5. The van der Waals surface area contributed by atoms with Gasteiger partial charge < -0.3 is 9.73 Å². The third-order valence-corrected chi connectivity index (χ3v) is 5.67. The molecule has 1 atom stereocenters. The smallest absolute Gasteiger partial charge is 0.251 e. The Morgan fingerprint density at radius 3 is 2.56 bits per heavy atom. The number of aromatic nitrogens is 3. The lowest BCUT2D eigenvalue weighted by Gasteiger charge is -2.30. The molecule has 0 bridgehead atoms. The molecule has 2 aromatic heterocycles. The Morgan fingerprint density at radius 1 is 1.09 bits per heavy atom. The van der Waals surface area contributed by atoms with Gasteiger partial charge in [-0.15, -0.1) is 5.10 Å². The minimum Gasteiger partial charge on any atom is -0.467 e. The lowest BCUT2D eigenvalue weighted by Crippen LogP contribution is -2.45. The van der Waals surface area contributed by atoms with Crippen molar-refractivity contribution < 1.29 is 14.0 Å². The van der Waals surface area contributed by atoms with Crippen molar-refractivity contribution in [3.05, 3.63) is 77.7 Å². The SMILES string of the molecule is CC(C)CCNC(=O)[C@H](c1ccco1)N(C(=O)Cn1nnc2ccccc21)c1ccc(Cl)cc1. The van der Waals surface area contributed by atoms with Crippen LogP contribution < -0.4 is 10.2 Å². The second-order valence-corrected chi connectivity index (χ2v) is 8.80. The minimum absolute atomic E-state index is 0.111. The first-order chi connectivity index (χ1) is 16.4. The zero-order valence-corrected chi connectivity index (χ0v) is 19.8. The molecule has 0 radical (unpaired) electrons. The summed E-state index contributed by atoms with van der Waals surface area (Å²) in [7, 11) is 0. The van der Waals surface area contributed by atoms with Gasteiger partial charge in [0.05, 0.1) is 11.8 Å². The molecule has 2 aromatic carbocycles. The summed E-state index contributed by atoms with van der Waals surface area (Å²) in [6.45, 7) is 4.55. The summed E-state index contributed by atoms with van der Waals surface area (Å²) in [5, 5.41) is 11.7. The third-order valence-electron chi connectivity index (χ3n) is 5.42. The molecule has 8 nitrogen and oxygen atoms in total. The normalized spacial score (nSPS) is 12.1. The zero-order chi connectivity index (χ0) is 24.1. The monoisotopic (exact) mass is 479 g/mol. The van der Waals surface area contributed by atoms with Crippen molar-refractivity contribution in [2.45, 2.75) is 32.9 Å². The highest BCUT2D eigenvalue weighted by molar-refractivity contribution is 6.30. The molecule has 0 unspecified atom stereocenters. The van der Waals surface area contributed by atoms with Crippen LogP contribution in [0.25, 0.3) is 11.0 Å². The maximum Gasteiger partial charge on any atom is 0.251 e. The highest BCUT2D eigenvalue weighted by Gasteiger charge is 2.35. The second kappa shape index (κ2) is 10.5. The van der Waals surface area contributed by atoms with Crippen molar-refractivity contribution in [3.8, 4) is 0 Å². The summed E-state index contributed by atoms with van der Waals surface area (Å²) in [5.41, 5.74) is 1.92. The first kappa shape index (κ1) is 23.5. The molecule has 2 amide bonds. The number of furan rings is 1. The maximum atomic E-state index is 13.7. The summed E-state index contributed by atoms with van der Waals surface area (Å²) >= 11 is 6.09. The molecule has 4 aromatic rings. The fraction of sp³-hybridized carbons (Fsp3) is 0.280. The van der Waals surface area contributed by atoms with Gasteiger partial charge in [0.15, 0.2) is 6.04 Å². The summed E-state index contributed by atoms with van der Waals surface area (Å²) < 4.78 is 7.13. The predicted octanol–water partition coefficient (Wildman–Crippen LogP) is 4.61. The van der Waals surface area contributed by atoms with Gasteiger partial charge in [0, 0.05) is 17.3 Å². The lowest BCUT2D eigenvalue weighted by atomic mass is 10.1. The average molecular weight is 480 g/mol. The van der Waals surface area contributed by atoms with Gasteiger partial charge in [-0.25, -0.2) is 4.68 Å². The largest absolute Gasteiger partial charge is 0.467 e. The van der Waals surface area contributed by atoms with Crippen LogP contribution in [0, 0.1) is 5.92 Å². The molecular weight excluding hydrogens is 454 g/mol. The first-order valence-corrected chi connectivity index (χ1v) is 11.5. The van der Waals surface area contributed by atoms with E-state index >= 15 is 0 Å². The van der Waals surface area contributed by atoms with E-state index in [1.807, 2.05) is 24.3 Å². The summed E-state index contributed by atoms with van der Waals surface area (Å²) in [6.07, 6.45) is 2.30. The Balaban J connectivity index is 1.71. The second-order valence-electron chi connectivity index (χ2n) is 8.37. The molecule has 2 heterocycles. The number of carbonyl (C=O) groups excluding carboxylic acids is 2. The van der Waals surface area contributed by atoms with Crippen LogP contribution in [0.15, 0.2) is 71.3 Å². The quantitative estimate of drug-likeness (QED) is 0.378. The van der Waals surface area contributed by atoms with Crippen LogP contribution in [0.2, 0.25) is 5.02 Å². The van der Waals surface area contributed by atoms with E-state index in [-0.39, 0.29) is 18.4 Å². The average Bonchev–Trinajstić information content (AvgIpc) is 3.48. The van der Waals surface area contributed by atoms with Crippen molar-refractivity contribution in [1.29, 1.82) is 0 Å². The van der Waals surface area contributed by atoms with Crippen molar-refractivity contribution in [1.82, 2.24) is 20.3 Å². The minimum atomic E-state index is -1.01. The van der Waals surface area contributed by atoms with Crippen LogP contribution in [0.5, 0.6) is 0 Å². The van der Waals surface area contributed by atoms with E-state index in [1.165, 1.54) is 15.8 Å². The molecule has 0 spiro atoms. The summed E-state index contributed by atoms with van der Waals surface area (Å²) in [6, 6.07) is 16.5. The molecule has 0 aliphatic heterocycles. The Bertz CT molecular complexity index is 1250. The van der Waals surface area contributed by atoms with Crippen LogP contribution in [0.1, 0.15) is 32.1 Å². The highest BCUT2D eigenvalue weighted by Crippen LogP contribution is 2.30. The van der Waals surface area contributed by atoms with Crippen LogP contribution >= 0.6 is 11.6 Å². The highest BCUT2D eigenvalue weighted by atomic mass is 35.5. The van der Waals surface area contributed by atoms with E-state index in [0.717, 1.165) is 11.9 Å². The fourth-order valence-corrected chi connectivity index (χ4v) is 3.80. The molecule has 0 saturated heterocycles. The van der Waals surface area contributed by atoms with E-state index in [2.05, 4.69) is 29.5 Å². The number of para-hydroxylation sites is 1. The number of anilines is 1. The van der Waals surface area contributed by atoms with E-state index in [9.17, 15) is 9.59 Å². The van der Waals surface area contributed by atoms with Gasteiger partial charge in [-0.2, -0.15) is 0 Å². The first-order valence-electron chi connectivity index (χ1n) is 11.1. The maximum absolute atomic E-state index is 13.7. The van der Waals surface area contributed by atoms with E-state index in [0.29, 0.717) is 34.4 Å². The Kier molecular flexibility index (Phi) is 7.27. The Labute approximate surface area is 202 Å². The third kappa shape index (κ3) is 5.28. The van der Waals surface area contributed by atoms with E-state index in [1.54, 1.807) is 36.4 Å². The number of nitrogens with zero attached hydrogens (tertiary/aromatic N) is 4. The van der Waals surface area contributed by atoms with Crippen molar-refractivity contribution in [3.63, 3.8) is 0 Å². The van der Waals surface area contributed by atoms with Gasteiger partial charge in [0.25, 0.3) is 5.91 Å². The number of amides is 2. The molecule has 34 heavy (non-hydrogen) atoms. The standard InChI is InChI=1S/C25H26ClN5O3/c1-17(2)13-14-27-25(33)24(22-8-5-15-34-22)31(19-11-9-18(26)10-12-19)23(32)16-30-21-7-4-3-6-20(21)28-29-30/h3-12,15,17,24H,13-14,16H2,1-2H3,(H,27,33)/t24-/m0/s1. The molecule has 0 aliphatic carbocycles. The number of carbonyl (C=O) groups is 2. The van der Waals surface area contributed by atoms with Gasteiger partial charge in [0.2, 0.25) is 5.91 Å². The molecule has 0 saturated carbocycles. The lowest BCUT2D eigenvalue weighted by molar-refractivity contribution is -0.127. The van der Waals surface area contributed by atoms with Crippen LogP contribution in [-0.4, -0.2) is 33.4 Å². The Morgan fingerprint density at radius 2 is 1.85 bits per heavy atom. The molecular formula is C25H26ClN5O3. The van der Waals surface area contributed by atoms with Crippen molar-refractivity contribution in [2.75, 3.05) is 11.4 Å². The molecule has 176 valence electrons. The Hall–Kier alpha value is -3.65. The molecule has 9 heteroatoms. The van der Waals surface area contributed by atoms with Gasteiger partial charge in [-0.3, -0.25) is 14.5 Å². The number of hydrogen-bond donors (Lipinski definition) is 1. The molecule has 0 aliphatic rings. The number of benzene rings is 2. The summed E-state index contributed by atoms with van der Waals surface area (Å²) in [4.78, 5) is 28.6. The predicted molar refractivity (Wildman–Crippen MR) is 130 cm³/mol. The fourth-order valence-electron chi connectivity index (χ4n) is 3.68. The number of halogens is 1. The molecule has 1 N–H and O–H groups in total. The van der Waals surface area contributed by atoms with Gasteiger partial charge in [-0.05, 0) is 60.9 Å². The van der Waals surface area contributed by atoms with Crippen LogP contribution in [0.3, 0.4) is 0 Å². The summed E-state index contributed by atoms with van der Waals surface area (Å²) in [5.74, 6) is 0.103. The number of fused-ring (bicyclic) bond motifs is 1. The number of nitrogens with one attached hydrogen (secondary N) is 1. The number of rotatable bonds is 9. The van der Waals surface area contributed by atoms with Gasteiger partial charge in [0.1, 0.15) is 17.8 Å².